The summed E-state index contributed by atoms with van der Waals surface area (Å²) in [5.41, 5.74) is 0.502. The first kappa shape index (κ1) is 5.35. The molecule has 0 bridgehead atoms. The van der Waals surface area contributed by atoms with Crippen molar-refractivity contribution >= 4 is 11.0 Å². The van der Waals surface area contributed by atoms with Crippen LogP contribution in [0.3, 0.4) is 0 Å². The largest absolute Gasteiger partial charge is 0.504 e. The molecule has 1 aromatic heterocycles. The van der Waals surface area contributed by atoms with Crippen LogP contribution in [0.1, 0.15) is 0 Å². The molecular formula is C8H5O2. The van der Waals surface area contributed by atoms with Crippen molar-refractivity contribution in [1.82, 2.24) is 0 Å². The lowest BCUT2D eigenvalue weighted by molar-refractivity contribution is 0.464. The van der Waals surface area contributed by atoms with Crippen molar-refractivity contribution in [3.05, 3.63) is 30.5 Å². The van der Waals surface area contributed by atoms with Gasteiger partial charge in [-0.15, -0.1) is 0 Å². The molecule has 0 saturated heterocycles. The maximum Gasteiger partial charge on any atom is 0.176 e. The monoisotopic (exact) mass is 133 g/mol. The number of phenols is 1. The molecule has 0 fully saturated rings. The number of hydrogen-bond acceptors (Lipinski definition) is 2. The highest BCUT2D eigenvalue weighted by atomic mass is 16.3. The zero-order chi connectivity index (χ0) is 6.97. The third-order valence-electron chi connectivity index (χ3n) is 1.40. The van der Waals surface area contributed by atoms with E-state index in [4.69, 9.17) is 9.52 Å². The average molecular weight is 133 g/mol. The van der Waals surface area contributed by atoms with Crippen LogP contribution < -0.4 is 0 Å². The molecular weight excluding hydrogens is 128 g/mol. The van der Waals surface area contributed by atoms with E-state index in [0.29, 0.717) is 5.58 Å². The lowest BCUT2D eigenvalue weighted by atomic mass is 10.2. The maximum atomic E-state index is 9.15. The highest BCUT2D eigenvalue weighted by molar-refractivity contribution is 5.82. The number of phenolic OH excluding ortho intramolecular Hbond substituents is 1. The molecule has 2 aromatic rings. The standard InChI is InChI=1S/C8H5O2/c9-7-3-1-2-6-4-5-10-8(6)7/h1-4,9H. The van der Waals surface area contributed by atoms with Crippen LogP contribution in [0.25, 0.3) is 11.0 Å². The normalized spacial score (nSPS) is 10.4. The molecule has 1 aromatic carbocycles. The Morgan fingerprint density at radius 3 is 3.10 bits per heavy atom. The number of para-hydroxylation sites is 1. The van der Waals surface area contributed by atoms with Crippen molar-refractivity contribution in [2.24, 2.45) is 0 Å². The first-order valence-electron chi connectivity index (χ1n) is 2.95. The van der Waals surface area contributed by atoms with Crippen LogP contribution in [0.4, 0.5) is 0 Å². The van der Waals surface area contributed by atoms with Gasteiger partial charge in [0, 0.05) is 5.39 Å². The molecule has 0 atom stereocenters. The van der Waals surface area contributed by atoms with Crippen molar-refractivity contribution in [2.75, 3.05) is 0 Å². The smallest absolute Gasteiger partial charge is 0.176 e. The van der Waals surface area contributed by atoms with E-state index in [-0.39, 0.29) is 5.75 Å². The number of rotatable bonds is 0. The van der Waals surface area contributed by atoms with Crippen LogP contribution in [0.5, 0.6) is 5.75 Å². The van der Waals surface area contributed by atoms with Crippen molar-refractivity contribution in [1.29, 1.82) is 0 Å². The van der Waals surface area contributed by atoms with E-state index in [1.165, 1.54) is 0 Å². The van der Waals surface area contributed by atoms with Crippen molar-refractivity contribution in [3.8, 4) is 5.75 Å². The second kappa shape index (κ2) is 1.77. The van der Waals surface area contributed by atoms with E-state index in [0.717, 1.165) is 5.39 Å². The summed E-state index contributed by atoms with van der Waals surface area (Å²) >= 11 is 0. The van der Waals surface area contributed by atoms with Crippen LogP contribution in [0.15, 0.2) is 28.7 Å². The fourth-order valence-corrected chi connectivity index (χ4v) is 0.919. The Morgan fingerprint density at radius 1 is 1.40 bits per heavy atom. The molecule has 0 aliphatic heterocycles. The van der Waals surface area contributed by atoms with E-state index in [1.54, 1.807) is 18.2 Å². The molecule has 2 rings (SSSR count). The Morgan fingerprint density at radius 2 is 2.30 bits per heavy atom. The second-order valence-electron chi connectivity index (χ2n) is 2.06. The van der Waals surface area contributed by atoms with Crippen molar-refractivity contribution in [3.63, 3.8) is 0 Å². The average Bonchev–Trinajstić information content (AvgIpc) is 2.36. The minimum Gasteiger partial charge on any atom is -0.504 e. The molecule has 10 heavy (non-hydrogen) atoms. The van der Waals surface area contributed by atoms with Gasteiger partial charge in [-0.25, -0.2) is 0 Å². The molecule has 1 N–H and O–H groups in total. The molecule has 2 heteroatoms. The fourth-order valence-electron chi connectivity index (χ4n) is 0.919. The minimum atomic E-state index is 0.166. The van der Waals surface area contributed by atoms with Gasteiger partial charge in [-0.3, -0.25) is 0 Å². The molecule has 1 heterocycles. The van der Waals surface area contributed by atoms with E-state index in [9.17, 15) is 0 Å². The second-order valence-corrected chi connectivity index (χ2v) is 2.06. The molecule has 0 spiro atoms. The van der Waals surface area contributed by atoms with Gasteiger partial charge < -0.3 is 9.52 Å². The third-order valence-corrected chi connectivity index (χ3v) is 1.40. The topological polar surface area (TPSA) is 33.4 Å². The van der Waals surface area contributed by atoms with Crippen LogP contribution in [0.2, 0.25) is 0 Å². The number of fused-ring (bicyclic) bond motifs is 1. The Bertz CT molecular complexity index is 349. The van der Waals surface area contributed by atoms with Gasteiger partial charge in [-0.1, -0.05) is 12.1 Å². The highest BCUT2D eigenvalue weighted by Crippen LogP contribution is 2.23. The molecule has 0 unspecified atom stereocenters. The van der Waals surface area contributed by atoms with Crippen molar-refractivity contribution < 1.29 is 9.52 Å². The summed E-state index contributed by atoms with van der Waals surface area (Å²) in [4.78, 5) is 0. The number of hydrogen-bond donors (Lipinski definition) is 1. The predicted octanol–water partition coefficient (Wildman–Crippen LogP) is 1.94. The number of benzene rings is 1. The maximum absolute atomic E-state index is 9.15. The molecule has 0 aliphatic carbocycles. The summed E-state index contributed by atoms with van der Waals surface area (Å²) in [6, 6.07) is 6.89. The van der Waals surface area contributed by atoms with E-state index < -0.39 is 0 Å². The van der Waals surface area contributed by atoms with Crippen LogP contribution in [0, 0.1) is 6.26 Å². The highest BCUT2D eigenvalue weighted by Gasteiger charge is 1.99. The van der Waals surface area contributed by atoms with Gasteiger partial charge in [0.1, 0.15) is 0 Å². The van der Waals surface area contributed by atoms with Crippen LogP contribution in [-0.2, 0) is 0 Å². The van der Waals surface area contributed by atoms with Crippen LogP contribution in [-0.4, -0.2) is 5.11 Å². The van der Waals surface area contributed by atoms with E-state index in [1.807, 2.05) is 6.07 Å². The lowest BCUT2D eigenvalue weighted by Crippen LogP contribution is -1.63. The summed E-state index contributed by atoms with van der Waals surface area (Å²) in [7, 11) is 0. The fraction of sp³-hybridized carbons (Fsp3) is 0. The summed E-state index contributed by atoms with van der Waals surface area (Å²) in [6.45, 7) is 0. The van der Waals surface area contributed by atoms with Gasteiger partial charge >= 0.3 is 0 Å². The SMILES string of the molecule is Oc1cccc2c[c]oc12. The van der Waals surface area contributed by atoms with E-state index >= 15 is 0 Å². The van der Waals surface area contributed by atoms with Crippen molar-refractivity contribution in [2.45, 2.75) is 0 Å². The van der Waals surface area contributed by atoms with Gasteiger partial charge in [-0.2, -0.15) is 0 Å². The molecule has 1 radical (unpaired) electrons. The Labute approximate surface area is 57.7 Å². The zero-order valence-electron chi connectivity index (χ0n) is 5.16. The molecule has 49 valence electrons. The molecule has 0 saturated carbocycles. The van der Waals surface area contributed by atoms with Crippen LogP contribution >= 0.6 is 0 Å². The zero-order valence-corrected chi connectivity index (χ0v) is 5.16. The minimum absolute atomic E-state index is 0.166. The predicted molar refractivity (Wildman–Crippen MR) is 36.7 cm³/mol. The van der Waals surface area contributed by atoms with Gasteiger partial charge in [-0.05, 0) is 12.1 Å². The molecule has 0 amide bonds. The number of furan rings is 1. The van der Waals surface area contributed by atoms with Gasteiger partial charge in [0.15, 0.2) is 17.6 Å². The molecule has 2 nitrogen and oxygen atoms in total. The van der Waals surface area contributed by atoms with Gasteiger partial charge in [0.2, 0.25) is 0 Å². The summed E-state index contributed by atoms with van der Waals surface area (Å²) in [6.07, 6.45) is 2.54. The Hall–Kier alpha value is -1.44. The lowest BCUT2D eigenvalue weighted by Gasteiger charge is -1.89. The Kier molecular flexibility index (Phi) is 0.947. The Balaban J connectivity index is 2.95. The summed E-state index contributed by atoms with van der Waals surface area (Å²) in [5.74, 6) is 0.166. The summed E-state index contributed by atoms with van der Waals surface area (Å²) in [5, 5.41) is 10.0. The summed E-state index contributed by atoms with van der Waals surface area (Å²) < 4.78 is 4.87. The quantitative estimate of drug-likeness (QED) is 0.595. The first-order chi connectivity index (χ1) is 4.88. The first-order valence-corrected chi connectivity index (χ1v) is 2.95. The number of aromatic hydroxyl groups is 1. The third kappa shape index (κ3) is 0.589. The van der Waals surface area contributed by atoms with E-state index in [2.05, 4.69) is 6.26 Å². The van der Waals surface area contributed by atoms with Gasteiger partial charge in [0.25, 0.3) is 0 Å². The molecule has 0 aliphatic rings. The van der Waals surface area contributed by atoms with Gasteiger partial charge in [0.05, 0.1) is 0 Å².